The van der Waals surface area contributed by atoms with Crippen LogP contribution in [0.3, 0.4) is 0 Å². The van der Waals surface area contributed by atoms with E-state index in [1.54, 1.807) is 4.68 Å². The van der Waals surface area contributed by atoms with Crippen molar-refractivity contribution in [1.29, 1.82) is 0 Å². The number of hydrogen-bond donors (Lipinski definition) is 2. The molecule has 2 unspecified atom stereocenters. The first-order valence-corrected chi connectivity index (χ1v) is 15.1. The van der Waals surface area contributed by atoms with Gasteiger partial charge in [-0.1, -0.05) is 62.4 Å². The maximum absolute atomic E-state index is 13.8. The van der Waals surface area contributed by atoms with Gasteiger partial charge < -0.3 is 15.3 Å². The number of piperazine rings is 1. The molecular formula is C30H42ClN5O3. The minimum Gasteiger partial charge on any atom is -0.390 e. The summed E-state index contributed by atoms with van der Waals surface area (Å²) < 4.78 is 1.77. The van der Waals surface area contributed by atoms with Crippen molar-refractivity contribution in [2.75, 3.05) is 19.6 Å². The molecule has 1 spiro atoms. The van der Waals surface area contributed by atoms with Gasteiger partial charge in [-0.15, -0.1) is 0 Å². The number of aliphatic hydroxyl groups is 1. The van der Waals surface area contributed by atoms with Crippen LogP contribution in [0.25, 0.3) is 5.69 Å². The second kappa shape index (κ2) is 12.0. The average Bonchev–Trinajstić information content (AvgIpc) is 3.25. The lowest BCUT2D eigenvalue weighted by atomic mass is 9.78. The Morgan fingerprint density at radius 1 is 1.13 bits per heavy atom. The highest BCUT2D eigenvalue weighted by atomic mass is 35.5. The van der Waals surface area contributed by atoms with E-state index in [9.17, 15) is 14.7 Å². The van der Waals surface area contributed by atoms with Crippen molar-refractivity contribution in [3.63, 3.8) is 0 Å². The molecule has 2 amide bonds. The van der Waals surface area contributed by atoms with Gasteiger partial charge in [-0.05, 0) is 57.1 Å². The zero-order valence-electron chi connectivity index (χ0n) is 23.2. The maximum atomic E-state index is 13.8. The minimum absolute atomic E-state index is 0.0710. The SMILES string of the molecule is CCCCN1C(=O)C(C(O)C2CCCCC2)NC(=O)C12CCN(Cc1c(C)nn(-c3ccccc3)c1Cl)CC2. The number of aryl methyl sites for hydroxylation is 1. The fourth-order valence-corrected chi connectivity index (χ4v) is 7.04. The summed E-state index contributed by atoms with van der Waals surface area (Å²) in [6.07, 6.45) is 7.22. The number of piperidine rings is 1. The average molecular weight is 556 g/mol. The number of nitrogens with one attached hydrogen (secondary N) is 1. The van der Waals surface area contributed by atoms with Crippen molar-refractivity contribution >= 4 is 23.4 Å². The van der Waals surface area contributed by atoms with E-state index < -0.39 is 17.7 Å². The predicted octanol–water partition coefficient (Wildman–Crippen LogP) is 4.24. The summed E-state index contributed by atoms with van der Waals surface area (Å²) in [7, 11) is 0. The van der Waals surface area contributed by atoms with Gasteiger partial charge in [0.05, 0.1) is 17.5 Å². The molecular weight excluding hydrogens is 514 g/mol. The van der Waals surface area contributed by atoms with Crippen LogP contribution in [0.1, 0.15) is 76.0 Å². The number of aromatic nitrogens is 2. The normalized spacial score (nSPS) is 23.3. The Morgan fingerprint density at radius 2 is 1.82 bits per heavy atom. The van der Waals surface area contributed by atoms with Crippen LogP contribution in [-0.2, 0) is 16.1 Å². The van der Waals surface area contributed by atoms with Crippen molar-refractivity contribution in [2.45, 2.75) is 95.9 Å². The van der Waals surface area contributed by atoms with Gasteiger partial charge in [0.1, 0.15) is 16.7 Å². The zero-order chi connectivity index (χ0) is 27.6. The molecule has 2 saturated heterocycles. The van der Waals surface area contributed by atoms with Crippen LogP contribution in [0.4, 0.5) is 0 Å². The second-order valence-corrected chi connectivity index (χ2v) is 12.0. The number of hydrogen-bond acceptors (Lipinski definition) is 5. The summed E-state index contributed by atoms with van der Waals surface area (Å²) >= 11 is 6.79. The molecule has 3 heterocycles. The first-order valence-electron chi connectivity index (χ1n) is 14.7. The molecule has 2 N–H and O–H groups in total. The van der Waals surface area contributed by atoms with Gasteiger partial charge in [-0.2, -0.15) is 5.10 Å². The molecule has 2 atom stereocenters. The number of halogens is 1. The van der Waals surface area contributed by atoms with Crippen LogP contribution in [0.5, 0.6) is 0 Å². The van der Waals surface area contributed by atoms with Crippen molar-refractivity contribution in [2.24, 2.45) is 5.92 Å². The standard InChI is InChI=1S/C30H42ClN5O3/c1-3-4-17-35-28(38)25(26(37)22-11-7-5-8-12-22)32-29(39)30(35)15-18-34(19-16-30)20-24-21(2)33-36(27(24)31)23-13-9-6-10-14-23/h6,9-10,13-14,22,25-26,37H,3-5,7-8,11-12,15-20H2,1-2H3,(H,32,39). The van der Waals surface area contributed by atoms with Gasteiger partial charge >= 0.3 is 0 Å². The quantitative estimate of drug-likeness (QED) is 0.508. The zero-order valence-corrected chi connectivity index (χ0v) is 24.0. The number of unbranched alkanes of at least 4 members (excludes halogenated alkanes) is 1. The third-order valence-electron chi connectivity index (χ3n) is 9.16. The summed E-state index contributed by atoms with van der Waals surface area (Å²) in [5.41, 5.74) is 1.93. The molecule has 0 bridgehead atoms. The summed E-state index contributed by atoms with van der Waals surface area (Å²) in [5.74, 6) is -0.150. The van der Waals surface area contributed by atoms with E-state index >= 15 is 0 Å². The molecule has 1 aromatic carbocycles. The highest BCUT2D eigenvalue weighted by Crippen LogP contribution is 2.37. The van der Waals surface area contributed by atoms with E-state index in [-0.39, 0.29) is 17.7 Å². The van der Waals surface area contributed by atoms with Gasteiger partial charge in [-0.3, -0.25) is 14.5 Å². The first-order chi connectivity index (χ1) is 18.9. The Balaban J connectivity index is 1.30. The number of carbonyl (C=O) groups is 2. The highest BCUT2D eigenvalue weighted by Gasteiger charge is 2.55. The molecule has 9 heteroatoms. The molecule has 1 saturated carbocycles. The van der Waals surface area contributed by atoms with Gasteiger partial charge in [0.15, 0.2) is 0 Å². The molecule has 0 radical (unpaired) electrons. The number of carbonyl (C=O) groups excluding carboxylic acids is 2. The Hall–Kier alpha value is -2.42. The third-order valence-corrected chi connectivity index (χ3v) is 9.54. The molecule has 2 aliphatic heterocycles. The number of amides is 2. The Kier molecular flexibility index (Phi) is 8.64. The Morgan fingerprint density at radius 3 is 2.49 bits per heavy atom. The largest absolute Gasteiger partial charge is 0.390 e. The van der Waals surface area contributed by atoms with Crippen molar-refractivity contribution < 1.29 is 14.7 Å². The van der Waals surface area contributed by atoms with Gasteiger partial charge in [0, 0.05) is 31.7 Å². The molecule has 3 aliphatic rings. The number of para-hydroxylation sites is 1. The van der Waals surface area contributed by atoms with Crippen LogP contribution in [0.15, 0.2) is 30.3 Å². The van der Waals surface area contributed by atoms with Gasteiger partial charge in [0.2, 0.25) is 11.8 Å². The molecule has 2 aromatic rings. The topological polar surface area (TPSA) is 90.7 Å². The molecule has 5 rings (SSSR count). The fraction of sp³-hybridized carbons (Fsp3) is 0.633. The molecule has 3 fully saturated rings. The third kappa shape index (κ3) is 5.48. The van der Waals surface area contributed by atoms with Crippen LogP contribution in [0, 0.1) is 12.8 Å². The fourth-order valence-electron chi connectivity index (χ4n) is 6.71. The number of benzene rings is 1. The van der Waals surface area contributed by atoms with Gasteiger partial charge in [-0.25, -0.2) is 4.68 Å². The van der Waals surface area contributed by atoms with Crippen LogP contribution < -0.4 is 5.32 Å². The summed E-state index contributed by atoms with van der Waals surface area (Å²) in [4.78, 5) is 31.7. The number of aliphatic hydroxyl groups excluding tert-OH is 1. The smallest absolute Gasteiger partial charge is 0.248 e. The van der Waals surface area contributed by atoms with E-state index in [0.717, 1.165) is 55.5 Å². The predicted molar refractivity (Wildman–Crippen MR) is 152 cm³/mol. The van der Waals surface area contributed by atoms with E-state index in [0.29, 0.717) is 44.2 Å². The van der Waals surface area contributed by atoms with E-state index in [1.165, 1.54) is 6.42 Å². The summed E-state index contributed by atoms with van der Waals surface area (Å²) in [6, 6.07) is 9.01. The van der Waals surface area contributed by atoms with E-state index in [1.807, 2.05) is 42.2 Å². The first kappa shape index (κ1) is 28.1. The Bertz CT molecular complexity index is 1150. The lowest BCUT2D eigenvalue weighted by Gasteiger charge is -2.52. The highest BCUT2D eigenvalue weighted by molar-refractivity contribution is 6.30. The number of nitrogens with zero attached hydrogens (tertiary/aromatic N) is 4. The van der Waals surface area contributed by atoms with E-state index in [2.05, 4.69) is 22.2 Å². The monoisotopic (exact) mass is 555 g/mol. The van der Waals surface area contributed by atoms with Gasteiger partial charge in [0.25, 0.3) is 0 Å². The molecule has 39 heavy (non-hydrogen) atoms. The Labute approximate surface area is 236 Å². The molecule has 1 aromatic heterocycles. The van der Waals surface area contributed by atoms with E-state index in [4.69, 9.17) is 11.6 Å². The lowest BCUT2D eigenvalue weighted by Crippen LogP contribution is -2.75. The maximum Gasteiger partial charge on any atom is 0.248 e. The second-order valence-electron chi connectivity index (χ2n) is 11.6. The van der Waals surface area contributed by atoms with Crippen LogP contribution >= 0.6 is 11.6 Å². The summed E-state index contributed by atoms with van der Waals surface area (Å²) in [5, 5.41) is 19.5. The lowest BCUT2D eigenvalue weighted by molar-refractivity contribution is -0.166. The van der Waals surface area contributed by atoms with Crippen molar-refractivity contribution in [3.05, 3.63) is 46.7 Å². The molecule has 1 aliphatic carbocycles. The van der Waals surface area contributed by atoms with Crippen molar-refractivity contribution in [3.8, 4) is 5.69 Å². The molecule has 212 valence electrons. The number of rotatable bonds is 8. The number of likely N-dealkylation sites (tertiary alicyclic amines) is 1. The van der Waals surface area contributed by atoms with Crippen LogP contribution in [0.2, 0.25) is 5.15 Å². The van der Waals surface area contributed by atoms with Crippen molar-refractivity contribution in [1.82, 2.24) is 24.9 Å². The molecule has 8 nitrogen and oxygen atoms in total. The summed E-state index contributed by atoms with van der Waals surface area (Å²) in [6.45, 7) is 6.60. The minimum atomic E-state index is -0.863. The van der Waals surface area contributed by atoms with Crippen LogP contribution in [-0.4, -0.2) is 73.8 Å².